The standard InChI is InChI=1S/C29H34F2N6O/c1-36(20-9-11-32-14-20)27-23-15-33-25(22-6-3-2-5-21(22)18-7-8-18)24(31)26(23)34-28(35-27)38-17-29-10-4-12-37(29)16-19(30)13-29/h2-3,5-6,15,18-20,32H,4,7-14,16-17H2,1H3/t19-,20-,29+/m1/s1. The van der Waals surface area contributed by atoms with Crippen molar-refractivity contribution in [3.63, 3.8) is 0 Å². The molecule has 3 aliphatic heterocycles. The average molecular weight is 521 g/mol. The van der Waals surface area contributed by atoms with Crippen molar-refractivity contribution in [2.24, 2.45) is 0 Å². The van der Waals surface area contributed by atoms with E-state index in [1.54, 1.807) is 6.20 Å². The van der Waals surface area contributed by atoms with Crippen LogP contribution in [0.1, 0.15) is 50.0 Å². The molecule has 0 bridgehead atoms. The van der Waals surface area contributed by atoms with E-state index in [0.29, 0.717) is 42.4 Å². The molecule has 3 saturated heterocycles. The van der Waals surface area contributed by atoms with E-state index in [9.17, 15) is 4.39 Å². The number of likely N-dealkylation sites (N-methyl/N-ethyl adjacent to an activating group) is 1. The molecule has 7 nitrogen and oxygen atoms in total. The largest absolute Gasteiger partial charge is 0.461 e. The number of alkyl halides is 1. The predicted molar refractivity (Wildman–Crippen MR) is 143 cm³/mol. The summed E-state index contributed by atoms with van der Waals surface area (Å²) in [5.74, 6) is 0.624. The number of hydrogen-bond acceptors (Lipinski definition) is 7. The summed E-state index contributed by atoms with van der Waals surface area (Å²) in [4.78, 5) is 18.3. The Morgan fingerprint density at radius 1 is 1.21 bits per heavy atom. The zero-order valence-corrected chi connectivity index (χ0v) is 21.8. The van der Waals surface area contributed by atoms with Gasteiger partial charge in [0.1, 0.15) is 29.8 Å². The van der Waals surface area contributed by atoms with Gasteiger partial charge in [-0.3, -0.25) is 9.88 Å². The van der Waals surface area contributed by atoms with Gasteiger partial charge in [0.05, 0.1) is 10.9 Å². The second-order valence-corrected chi connectivity index (χ2v) is 11.5. The molecule has 200 valence electrons. The molecule has 9 heteroatoms. The van der Waals surface area contributed by atoms with Crippen molar-refractivity contribution in [3.8, 4) is 17.3 Å². The first-order valence-corrected chi connectivity index (χ1v) is 13.9. The molecule has 1 saturated carbocycles. The van der Waals surface area contributed by atoms with E-state index < -0.39 is 12.0 Å². The molecule has 3 atom stereocenters. The number of pyridine rings is 1. The number of nitrogens with one attached hydrogen (secondary N) is 1. The number of rotatable bonds is 7. The van der Waals surface area contributed by atoms with E-state index in [1.807, 2.05) is 25.2 Å². The van der Waals surface area contributed by atoms with Crippen molar-refractivity contribution < 1.29 is 13.5 Å². The van der Waals surface area contributed by atoms with E-state index in [2.05, 4.69) is 31.2 Å². The van der Waals surface area contributed by atoms with Crippen LogP contribution in [-0.2, 0) is 0 Å². The van der Waals surface area contributed by atoms with Crippen LogP contribution in [0.2, 0.25) is 0 Å². The summed E-state index contributed by atoms with van der Waals surface area (Å²) in [5.41, 5.74) is 2.17. The van der Waals surface area contributed by atoms with Gasteiger partial charge in [-0.2, -0.15) is 9.97 Å². The van der Waals surface area contributed by atoms with Crippen LogP contribution in [0.5, 0.6) is 6.01 Å². The Labute approximate surface area is 221 Å². The Hall–Kier alpha value is -2.91. The van der Waals surface area contributed by atoms with Crippen molar-refractivity contribution in [1.82, 2.24) is 25.2 Å². The van der Waals surface area contributed by atoms with Gasteiger partial charge >= 0.3 is 6.01 Å². The number of fused-ring (bicyclic) bond motifs is 2. The van der Waals surface area contributed by atoms with Crippen molar-refractivity contribution in [3.05, 3.63) is 41.8 Å². The summed E-state index contributed by atoms with van der Waals surface area (Å²) in [5, 5.41) is 3.97. The first-order chi connectivity index (χ1) is 18.5. The van der Waals surface area contributed by atoms with Crippen molar-refractivity contribution in [2.45, 2.75) is 62.2 Å². The number of ether oxygens (including phenoxy) is 1. The first kappa shape index (κ1) is 24.2. The summed E-state index contributed by atoms with van der Waals surface area (Å²) in [6.45, 7) is 3.40. The fourth-order valence-electron chi connectivity index (χ4n) is 6.80. The predicted octanol–water partition coefficient (Wildman–Crippen LogP) is 4.46. The Morgan fingerprint density at radius 3 is 2.89 bits per heavy atom. The minimum absolute atomic E-state index is 0.139. The highest BCUT2D eigenvalue weighted by atomic mass is 19.1. The lowest BCUT2D eigenvalue weighted by atomic mass is 9.95. The monoisotopic (exact) mass is 520 g/mol. The summed E-state index contributed by atoms with van der Waals surface area (Å²) in [7, 11) is 1.99. The maximum atomic E-state index is 16.3. The molecule has 1 aliphatic carbocycles. The molecule has 1 aromatic carbocycles. The third-order valence-corrected chi connectivity index (χ3v) is 9.02. The average Bonchev–Trinajstić information content (AvgIpc) is 3.33. The van der Waals surface area contributed by atoms with Crippen LogP contribution >= 0.6 is 0 Å². The van der Waals surface area contributed by atoms with Gasteiger partial charge in [0.15, 0.2) is 5.82 Å². The fraction of sp³-hybridized carbons (Fsp3) is 0.552. The van der Waals surface area contributed by atoms with Crippen LogP contribution in [-0.4, -0.2) is 77.4 Å². The van der Waals surface area contributed by atoms with Crippen LogP contribution in [0, 0.1) is 5.82 Å². The van der Waals surface area contributed by atoms with Crippen molar-refractivity contribution in [1.29, 1.82) is 0 Å². The molecular weight excluding hydrogens is 486 g/mol. The number of halogens is 2. The van der Waals surface area contributed by atoms with E-state index in [0.717, 1.165) is 62.9 Å². The highest BCUT2D eigenvalue weighted by Crippen LogP contribution is 2.45. The van der Waals surface area contributed by atoms with E-state index in [4.69, 9.17) is 9.72 Å². The number of hydrogen-bond donors (Lipinski definition) is 1. The summed E-state index contributed by atoms with van der Waals surface area (Å²) in [6, 6.07) is 8.32. The highest BCUT2D eigenvalue weighted by Gasteiger charge is 2.49. The van der Waals surface area contributed by atoms with Crippen LogP contribution in [0.4, 0.5) is 14.6 Å². The second-order valence-electron chi connectivity index (χ2n) is 11.5. The van der Waals surface area contributed by atoms with Crippen LogP contribution < -0.4 is 15.0 Å². The van der Waals surface area contributed by atoms with Crippen LogP contribution in [0.15, 0.2) is 30.5 Å². The minimum Gasteiger partial charge on any atom is -0.461 e. The quantitative estimate of drug-likeness (QED) is 0.493. The maximum Gasteiger partial charge on any atom is 0.319 e. The molecule has 3 aromatic rings. The molecule has 0 radical (unpaired) electrons. The fourth-order valence-corrected chi connectivity index (χ4v) is 6.80. The lowest BCUT2D eigenvalue weighted by Gasteiger charge is -2.31. The molecular formula is C29H34F2N6O. The van der Waals surface area contributed by atoms with Gasteiger partial charge in [-0.05, 0) is 56.7 Å². The van der Waals surface area contributed by atoms with Crippen LogP contribution in [0.3, 0.4) is 0 Å². The highest BCUT2D eigenvalue weighted by molar-refractivity contribution is 5.92. The van der Waals surface area contributed by atoms with Crippen LogP contribution in [0.25, 0.3) is 22.2 Å². The summed E-state index contributed by atoms with van der Waals surface area (Å²) in [6.07, 6.45) is 6.45. The normalized spacial score (nSPS) is 27.2. The third-order valence-electron chi connectivity index (χ3n) is 9.02. The molecule has 5 heterocycles. The van der Waals surface area contributed by atoms with Gasteiger partial charge in [0.25, 0.3) is 0 Å². The molecule has 0 spiro atoms. The zero-order chi connectivity index (χ0) is 25.9. The Balaban J connectivity index is 1.30. The SMILES string of the molecule is CN(c1nc(OC[C@@]23CCCN2C[C@H](F)C3)nc2c(F)c(-c3ccccc3C3CC3)ncc12)[C@@H]1CCNC1. The summed E-state index contributed by atoms with van der Waals surface area (Å²) >= 11 is 0. The van der Waals surface area contributed by atoms with Gasteiger partial charge in [-0.1, -0.05) is 24.3 Å². The molecule has 1 N–H and O–H groups in total. The number of nitrogens with zero attached hydrogens (tertiary/aromatic N) is 5. The van der Waals surface area contributed by atoms with E-state index in [-0.39, 0.29) is 23.1 Å². The number of anilines is 1. The molecule has 0 unspecified atom stereocenters. The third kappa shape index (κ3) is 4.11. The van der Waals surface area contributed by atoms with Gasteiger partial charge < -0.3 is 15.0 Å². The topological polar surface area (TPSA) is 66.4 Å². The summed E-state index contributed by atoms with van der Waals surface area (Å²) < 4.78 is 36.9. The van der Waals surface area contributed by atoms with Gasteiger partial charge in [-0.25, -0.2) is 8.78 Å². The van der Waals surface area contributed by atoms with Gasteiger partial charge in [0, 0.05) is 44.4 Å². The lowest BCUT2D eigenvalue weighted by Crippen LogP contribution is -2.43. The zero-order valence-electron chi connectivity index (χ0n) is 21.8. The molecule has 0 amide bonds. The molecule has 38 heavy (non-hydrogen) atoms. The van der Waals surface area contributed by atoms with E-state index in [1.165, 1.54) is 0 Å². The van der Waals surface area contributed by atoms with Gasteiger partial charge in [0.2, 0.25) is 0 Å². The molecule has 7 rings (SSSR count). The van der Waals surface area contributed by atoms with Gasteiger partial charge in [-0.15, -0.1) is 0 Å². The molecule has 4 aliphatic rings. The van der Waals surface area contributed by atoms with Crippen molar-refractivity contribution >= 4 is 16.7 Å². The lowest BCUT2D eigenvalue weighted by molar-refractivity contribution is 0.107. The maximum absolute atomic E-state index is 16.3. The first-order valence-electron chi connectivity index (χ1n) is 13.9. The molecule has 4 fully saturated rings. The number of aromatic nitrogens is 3. The minimum atomic E-state index is -0.842. The van der Waals surface area contributed by atoms with Crippen molar-refractivity contribution in [2.75, 3.05) is 44.7 Å². The number of benzene rings is 1. The Morgan fingerprint density at radius 2 is 2.08 bits per heavy atom. The van der Waals surface area contributed by atoms with E-state index >= 15 is 4.39 Å². The molecule has 2 aromatic heterocycles. The Bertz CT molecular complexity index is 1360. The smallest absolute Gasteiger partial charge is 0.319 e. The second kappa shape index (κ2) is 9.38. The Kier molecular flexibility index (Phi) is 5.96.